The third kappa shape index (κ3) is 6.18. The standard InChI is InChI=1S/C30H38N2O3/c1-4-5-21-27(31-32(2)3)29-33-23-22-28(34-29)35-30(24-15-9-6-10-16-24,25-17-11-7-12-18-25)26-19-13-8-14-20-26/h6-20,27-29,31H,4-5,21-23H2,1-3H3/t27-,28-,29+/m1/s1. The fourth-order valence-corrected chi connectivity index (χ4v) is 4.77. The molecular formula is C30H38N2O3. The van der Waals surface area contributed by atoms with Gasteiger partial charge in [-0.3, -0.25) is 5.01 Å². The maximum Gasteiger partial charge on any atom is 0.177 e. The molecule has 0 spiro atoms. The number of hydrogen-bond acceptors (Lipinski definition) is 5. The van der Waals surface area contributed by atoms with Gasteiger partial charge in [-0.25, -0.2) is 5.43 Å². The van der Waals surface area contributed by atoms with Gasteiger partial charge < -0.3 is 14.2 Å². The first-order chi connectivity index (χ1) is 17.1. The van der Waals surface area contributed by atoms with Gasteiger partial charge >= 0.3 is 0 Å². The molecule has 1 fully saturated rings. The lowest BCUT2D eigenvalue weighted by Crippen LogP contribution is -2.52. The average Bonchev–Trinajstić information content (AvgIpc) is 2.91. The molecule has 1 N–H and O–H groups in total. The number of nitrogens with zero attached hydrogens (tertiary/aromatic N) is 1. The largest absolute Gasteiger partial charge is 0.351 e. The van der Waals surface area contributed by atoms with Crippen LogP contribution in [-0.2, 0) is 19.8 Å². The summed E-state index contributed by atoms with van der Waals surface area (Å²) < 4.78 is 19.7. The molecule has 4 rings (SSSR count). The minimum absolute atomic E-state index is 0.0518. The van der Waals surface area contributed by atoms with Crippen LogP contribution >= 0.6 is 0 Å². The molecule has 1 aliphatic rings. The Morgan fingerprint density at radius 2 is 1.40 bits per heavy atom. The van der Waals surface area contributed by atoms with Crippen molar-refractivity contribution < 1.29 is 14.2 Å². The normalized spacial score (nSPS) is 19.5. The Morgan fingerprint density at radius 3 is 1.86 bits per heavy atom. The Bertz CT molecular complexity index is 901. The molecule has 0 aliphatic carbocycles. The molecule has 0 aromatic heterocycles. The average molecular weight is 475 g/mol. The van der Waals surface area contributed by atoms with Gasteiger partial charge in [0, 0.05) is 20.5 Å². The maximum absolute atomic E-state index is 7.08. The van der Waals surface area contributed by atoms with Gasteiger partial charge in [-0.1, -0.05) is 111 Å². The van der Waals surface area contributed by atoms with Gasteiger partial charge in [-0.15, -0.1) is 0 Å². The minimum atomic E-state index is -0.815. The van der Waals surface area contributed by atoms with Crippen molar-refractivity contribution in [1.82, 2.24) is 10.4 Å². The summed E-state index contributed by atoms with van der Waals surface area (Å²) in [6.45, 7) is 2.79. The second-order valence-corrected chi connectivity index (χ2v) is 9.26. The second kappa shape index (κ2) is 12.4. The van der Waals surface area contributed by atoms with Crippen LogP contribution in [0.15, 0.2) is 91.0 Å². The second-order valence-electron chi connectivity index (χ2n) is 9.26. The summed E-state index contributed by atoms with van der Waals surface area (Å²) in [7, 11) is 4.00. The van der Waals surface area contributed by atoms with Crippen LogP contribution in [0.2, 0.25) is 0 Å². The Kier molecular flexibility index (Phi) is 9.07. The highest BCUT2D eigenvalue weighted by Crippen LogP contribution is 2.42. The predicted octanol–water partition coefficient (Wildman–Crippen LogP) is 5.71. The highest BCUT2D eigenvalue weighted by Gasteiger charge is 2.42. The van der Waals surface area contributed by atoms with Crippen molar-refractivity contribution in [1.29, 1.82) is 0 Å². The predicted molar refractivity (Wildman–Crippen MR) is 140 cm³/mol. The zero-order valence-corrected chi connectivity index (χ0v) is 21.1. The van der Waals surface area contributed by atoms with E-state index in [0.717, 1.165) is 36.0 Å². The molecule has 0 radical (unpaired) electrons. The fourth-order valence-electron chi connectivity index (χ4n) is 4.77. The van der Waals surface area contributed by atoms with E-state index in [9.17, 15) is 0 Å². The summed E-state index contributed by atoms with van der Waals surface area (Å²) in [5.74, 6) is 0. The van der Waals surface area contributed by atoms with Crippen molar-refractivity contribution >= 4 is 0 Å². The third-order valence-corrected chi connectivity index (χ3v) is 6.39. The Labute approximate surface area is 210 Å². The molecule has 3 aromatic rings. The highest BCUT2D eigenvalue weighted by molar-refractivity contribution is 5.47. The lowest BCUT2D eigenvalue weighted by molar-refractivity contribution is -0.313. The molecule has 0 bridgehead atoms. The van der Waals surface area contributed by atoms with Gasteiger partial charge in [0.05, 0.1) is 12.6 Å². The van der Waals surface area contributed by atoms with E-state index in [1.165, 1.54) is 0 Å². The smallest absolute Gasteiger partial charge is 0.177 e. The van der Waals surface area contributed by atoms with Crippen molar-refractivity contribution in [2.45, 2.75) is 56.8 Å². The number of nitrogens with one attached hydrogen (secondary N) is 1. The van der Waals surface area contributed by atoms with Gasteiger partial charge in [0.1, 0.15) is 5.60 Å². The van der Waals surface area contributed by atoms with Crippen molar-refractivity contribution in [3.05, 3.63) is 108 Å². The summed E-state index contributed by atoms with van der Waals surface area (Å²) in [6.07, 6.45) is 3.03. The van der Waals surface area contributed by atoms with Gasteiger partial charge in [0.25, 0.3) is 0 Å². The zero-order chi connectivity index (χ0) is 24.5. The third-order valence-electron chi connectivity index (χ3n) is 6.39. The van der Waals surface area contributed by atoms with E-state index in [1.54, 1.807) is 0 Å². The number of benzene rings is 3. The van der Waals surface area contributed by atoms with Crippen LogP contribution in [0, 0.1) is 0 Å². The number of hydrogen-bond donors (Lipinski definition) is 1. The maximum atomic E-state index is 7.08. The molecule has 3 atom stereocenters. The van der Waals surface area contributed by atoms with Crippen molar-refractivity contribution in [2.24, 2.45) is 0 Å². The molecule has 1 saturated heterocycles. The van der Waals surface area contributed by atoms with E-state index < -0.39 is 11.9 Å². The number of hydrazine groups is 1. The van der Waals surface area contributed by atoms with E-state index >= 15 is 0 Å². The van der Waals surface area contributed by atoms with Crippen LogP contribution in [0.4, 0.5) is 0 Å². The topological polar surface area (TPSA) is 43.0 Å². The van der Waals surface area contributed by atoms with Crippen molar-refractivity contribution in [3.8, 4) is 0 Å². The van der Waals surface area contributed by atoms with Crippen LogP contribution < -0.4 is 5.43 Å². The minimum Gasteiger partial charge on any atom is -0.351 e. The molecule has 35 heavy (non-hydrogen) atoms. The summed E-state index contributed by atoms with van der Waals surface area (Å²) >= 11 is 0. The number of rotatable bonds is 11. The van der Waals surface area contributed by atoms with Crippen molar-refractivity contribution in [3.63, 3.8) is 0 Å². The molecule has 1 aliphatic heterocycles. The first-order valence-electron chi connectivity index (χ1n) is 12.7. The highest BCUT2D eigenvalue weighted by atomic mass is 16.8. The lowest BCUT2D eigenvalue weighted by Gasteiger charge is -2.42. The molecule has 0 unspecified atom stereocenters. The van der Waals surface area contributed by atoms with E-state index in [4.69, 9.17) is 14.2 Å². The zero-order valence-electron chi connectivity index (χ0n) is 21.1. The van der Waals surface area contributed by atoms with Crippen LogP contribution in [0.25, 0.3) is 0 Å². The van der Waals surface area contributed by atoms with Gasteiger partial charge in [-0.05, 0) is 23.1 Å². The Hall–Kier alpha value is -2.54. The lowest BCUT2D eigenvalue weighted by atomic mass is 9.80. The quantitative estimate of drug-likeness (QED) is 0.285. The van der Waals surface area contributed by atoms with Crippen LogP contribution in [0.1, 0.15) is 49.3 Å². The van der Waals surface area contributed by atoms with Crippen LogP contribution in [0.5, 0.6) is 0 Å². The van der Waals surface area contributed by atoms with E-state index in [1.807, 2.05) is 37.3 Å². The number of unbranched alkanes of at least 4 members (excludes halogenated alkanes) is 1. The molecule has 0 saturated carbocycles. The molecule has 186 valence electrons. The first-order valence-corrected chi connectivity index (χ1v) is 12.7. The molecular weight excluding hydrogens is 436 g/mol. The molecule has 0 amide bonds. The first kappa shape index (κ1) is 25.5. The number of ether oxygens (including phenoxy) is 3. The summed E-state index contributed by atoms with van der Waals surface area (Å²) in [4.78, 5) is 0. The summed E-state index contributed by atoms with van der Waals surface area (Å²) in [6, 6.07) is 31.4. The van der Waals surface area contributed by atoms with Gasteiger partial charge in [0.2, 0.25) is 0 Å². The molecule has 3 aromatic carbocycles. The monoisotopic (exact) mass is 474 g/mol. The summed E-state index contributed by atoms with van der Waals surface area (Å²) in [5, 5.41) is 1.97. The summed E-state index contributed by atoms with van der Waals surface area (Å²) in [5.41, 5.74) is 5.88. The van der Waals surface area contributed by atoms with Crippen molar-refractivity contribution in [2.75, 3.05) is 20.7 Å². The van der Waals surface area contributed by atoms with E-state index in [0.29, 0.717) is 13.0 Å². The van der Waals surface area contributed by atoms with Gasteiger partial charge in [0.15, 0.2) is 12.6 Å². The van der Waals surface area contributed by atoms with Crippen LogP contribution in [-0.4, -0.2) is 44.3 Å². The van der Waals surface area contributed by atoms with E-state index in [-0.39, 0.29) is 12.3 Å². The van der Waals surface area contributed by atoms with Crippen LogP contribution in [0.3, 0.4) is 0 Å². The fraction of sp³-hybridized carbons (Fsp3) is 0.400. The Morgan fingerprint density at radius 1 is 0.886 bits per heavy atom. The van der Waals surface area contributed by atoms with E-state index in [2.05, 4.69) is 85.1 Å². The molecule has 5 nitrogen and oxygen atoms in total. The molecule has 1 heterocycles. The van der Waals surface area contributed by atoms with Gasteiger partial charge in [-0.2, -0.15) is 0 Å². The SMILES string of the molecule is CCCC[C@@H](NN(C)C)[C@H]1OCC[C@@H](OC(c2ccccc2)(c2ccccc2)c2ccccc2)O1. The molecule has 5 heteroatoms. The Balaban J connectivity index is 1.71.